The molecule has 0 fully saturated rings. The maximum Gasteiger partial charge on any atom is 0.0846 e. The highest BCUT2D eigenvalue weighted by Crippen LogP contribution is 2.31. The molecule has 0 unspecified atom stereocenters. The molecule has 0 aliphatic rings. The molecule has 0 aliphatic heterocycles. The molecule has 0 amide bonds. The highest BCUT2D eigenvalue weighted by atomic mass is 79.9. The second-order valence-electron chi connectivity index (χ2n) is 4.61. The highest BCUT2D eigenvalue weighted by molar-refractivity contribution is 9.10. The van der Waals surface area contributed by atoms with E-state index in [4.69, 9.17) is 0 Å². The number of halogens is 1. The van der Waals surface area contributed by atoms with Crippen LogP contribution in [0.2, 0.25) is 0 Å². The Morgan fingerprint density at radius 3 is 2.12 bits per heavy atom. The molecule has 1 nitrogen and oxygen atoms in total. The first-order valence-corrected chi connectivity index (χ1v) is 6.35. The first-order chi connectivity index (χ1) is 7.98. The van der Waals surface area contributed by atoms with Crippen LogP contribution >= 0.6 is 15.9 Å². The number of aliphatic hydroxyl groups is 1. The van der Waals surface area contributed by atoms with Crippen molar-refractivity contribution < 1.29 is 5.11 Å². The minimum absolute atomic E-state index is 0.830. The van der Waals surface area contributed by atoms with Gasteiger partial charge in [-0.3, -0.25) is 0 Å². The highest BCUT2D eigenvalue weighted by Gasteiger charge is 2.19. The molecule has 2 rings (SSSR count). The summed E-state index contributed by atoms with van der Waals surface area (Å²) in [4.78, 5) is 0. The smallest absolute Gasteiger partial charge is 0.0846 e. The van der Waals surface area contributed by atoms with E-state index in [0.29, 0.717) is 0 Å². The minimum Gasteiger partial charge on any atom is -0.386 e. The molecule has 2 aromatic rings. The van der Waals surface area contributed by atoms with Gasteiger partial charge in [0.05, 0.1) is 5.60 Å². The summed E-state index contributed by atoms with van der Waals surface area (Å²) in [5.74, 6) is 0. The summed E-state index contributed by atoms with van der Waals surface area (Å²) < 4.78 is 1.06. The molecule has 0 aromatic heterocycles. The van der Waals surface area contributed by atoms with Crippen LogP contribution in [0.5, 0.6) is 0 Å². The van der Waals surface area contributed by atoms with E-state index in [1.807, 2.05) is 50.2 Å². The van der Waals surface area contributed by atoms with Gasteiger partial charge in [0.1, 0.15) is 0 Å². The second-order valence-corrected chi connectivity index (χ2v) is 5.53. The van der Waals surface area contributed by atoms with Crippen LogP contribution in [0.4, 0.5) is 0 Å². The maximum atomic E-state index is 10.2. The monoisotopic (exact) mass is 290 g/mol. The third-order valence-electron chi connectivity index (χ3n) is 2.74. The van der Waals surface area contributed by atoms with Crippen LogP contribution in [0.1, 0.15) is 19.4 Å². The van der Waals surface area contributed by atoms with Gasteiger partial charge >= 0.3 is 0 Å². The fourth-order valence-electron chi connectivity index (χ4n) is 1.90. The molecule has 0 radical (unpaired) electrons. The fourth-order valence-corrected chi connectivity index (χ4v) is 2.16. The molecule has 0 aliphatic carbocycles. The number of hydrogen-bond acceptors (Lipinski definition) is 1. The summed E-state index contributed by atoms with van der Waals surface area (Å²) in [5, 5.41) is 10.2. The Bertz CT molecular complexity index is 509. The van der Waals surface area contributed by atoms with Crippen LogP contribution in [0.3, 0.4) is 0 Å². The Kier molecular flexibility index (Phi) is 3.36. The topological polar surface area (TPSA) is 20.2 Å². The van der Waals surface area contributed by atoms with E-state index in [0.717, 1.165) is 21.2 Å². The average Bonchev–Trinajstić information content (AvgIpc) is 2.29. The molecule has 17 heavy (non-hydrogen) atoms. The van der Waals surface area contributed by atoms with Crippen molar-refractivity contribution in [3.05, 3.63) is 58.6 Å². The Labute approximate surface area is 110 Å². The summed E-state index contributed by atoms with van der Waals surface area (Å²) in [7, 11) is 0. The summed E-state index contributed by atoms with van der Waals surface area (Å²) in [5.41, 5.74) is 2.31. The van der Waals surface area contributed by atoms with Crippen LogP contribution in [-0.2, 0) is 5.60 Å². The lowest BCUT2D eigenvalue weighted by molar-refractivity contribution is 0.0792. The lowest BCUT2D eigenvalue weighted by Gasteiger charge is -2.21. The average molecular weight is 291 g/mol. The Balaban J connectivity index is 2.56. The molecule has 2 heteroatoms. The molecular weight excluding hydrogens is 276 g/mol. The molecule has 0 bridgehead atoms. The van der Waals surface area contributed by atoms with E-state index >= 15 is 0 Å². The zero-order valence-electron chi connectivity index (χ0n) is 9.94. The lowest BCUT2D eigenvalue weighted by atomic mass is 9.90. The Morgan fingerprint density at radius 2 is 1.53 bits per heavy atom. The molecule has 1 N–H and O–H groups in total. The van der Waals surface area contributed by atoms with Gasteiger partial charge in [0.25, 0.3) is 0 Å². The third-order valence-corrected chi connectivity index (χ3v) is 3.27. The SMILES string of the molecule is CC(C)(O)c1ccccc1-c1ccc(Br)cc1. The van der Waals surface area contributed by atoms with Crippen LogP contribution in [0.25, 0.3) is 11.1 Å². The molecule has 0 heterocycles. The Morgan fingerprint density at radius 1 is 0.941 bits per heavy atom. The number of hydrogen-bond donors (Lipinski definition) is 1. The molecule has 0 spiro atoms. The van der Waals surface area contributed by atoms with Crippen LogP contribution in [0.15, 0.2) is 53.0 Å². The van der Waals surface area contributed by atoms with E-state index in [-0.39, 0.29) is 0 Å². The fraction of sp³-hybridized carbons (Fsp3) is 0.200. The van der Waals surface area contributed by atoms with Crippen molar-refractivity contribution in [3.63, 3.8) is 0 Å². The standard InChI is InChI=1S/C15H15BrO/c1-15(2,17)14-6-4-3-5-13(14)11-7-9-12(16)10-8-11/h3-10,17H,1-2H3. The normalized spacial score (nSPS) is 11.5. The quantitative estimate of drug-likeness (QED) is 0.872. The van der Waals surface area contributed by atoms with Crippen molar-refractivity contribution in [2.45, 2.75) is 19.4 Å². The van der Waals surface area contributed by atoms with Crippen molar-refractivity contribution in [2.24, 2.45) is 0 Å². The van der Waals surface area contributed by atoms with Crippen molar-refractivity contribution in [1.82, 2.24) is 0 Å². The zero-order valence-corrected chi connectivity index (χ0v) is 11.5. The van der Waals surface area contributed by atoms with Gasteiger partial charge in [0.2, 0.25) is 0 Å². The van der Waals surface area contributed by atoms with Crippen LogP contribution < -0.4 is 0 Å². The first kappa shape index (κ1) is 12.3. The van der Waals surface area contributed by atoms with E-state index in [1.54, 1.807) is 0 Å². The number of rotatable bonds is 2. The molecular formula is C15H15BrO. The van der Waals surface area contributed by atoms with Crippen molar-refractivity contribution in [3.8, 4) is 11.1 Å². The third kappa shape index (κ3) is 2.76. The summed E-state index contributed by atoms with van der Waals surface area (Å²) in [6, 6.07) is 16.1. The predicted molar refractivity (Wildman–Crippen MR) is 74.8 cm³/mol. The van der Waals surface area contributed by atoms with Gasteiger partial charge in [0, 0.05) is 4.47 Å². The van der Waals surface area contributed by atoms with Crippen LogP contribution in [0, 0.1) is 0 Å². The van der Waals surface area contributed by atoms with Crippen molar-refractivity contribution in [2.75, 3.05) is 0 Å². The largest absolute Gasteiger partial charge is 0.386 e. The Hall–Kier alpha value is -1.12. The first-order valence-electron chi connectivity index (χ1n) is 5.56. The number of benzene rings is 2. The van der Waals surface area contributed by atoms with Crippen LogP contribution in [-0.4, -0.2) is 5.11 Å². The van der Waals surface area contributed by atoms with E-state index in [9.17, 15) is 5.11 Å². The van der Waals surface area contributed by atoms with Gasteiger partial charge in [-0.2, -0.15) is 0 Å². The molecule has 88 valence electrons. The maximum absolute atomic E-state index is 10.2. The molecule has 2 aromatic carbocycles. The molecule has 0 atom stereocenters. The summed E-state index contributed by atoms with van der Waals surface area (Å²) in [6.45, 7) is 3.62. The minimum atomic E-state index is -0.830. The molecule has 0 saturated heterocycles. The lowest BCUT2D eigenvalue weighted by Crippen LogP contribution is -2.16. The van der Waals surface area contributed by atoms with E-state index < -0.39 is 5.60 Å². The van der Waals surface area contributed by atoms with Gasteiger partial charge in [-0.15, -0.1) is 0 Å². The van der Waals surface area contributed by atoms with Crippen molar-refractivity contribution in [1.29, 1.82) is 0 Å². The van der Waals surface area contributed by atoms with Gasteiger partial charge < -0.3 is 5.11 Å². The second kappa shape index (κ2) is 4.63. The summed E-state index contributed by atoms with van der Waals surface area (Å²) >= 11 is 3.43. The van der Waals surface area contributed by atoms with Gasteiger partial charge in [0.15, 0.2) is 0 Å². The molecule has 0 saturated carbocycles. The van der Waals surface area contributed by atoms with E-state index in [1.165, 1.54) is 0 Å². The van der Waals surface area contributed by atoms with Crippen molar-refractivity contribution >= 4 is 15.9 Å². The van der Waals surface area contributed by atoms with Gasteiger partial charge in [-0.1, -0.05) is 52.3 Å². The van der Waals surface area contributed by atoms with Gasteiger partial charge in [-0.05, 0) is 42.7 Å². The zero-order chi connectivity index (χ0) is 12.5. The van der Waals surface area contributed by atoms with E-state index in [2.05, 4.69) is 28.1 Å². The summed E-state index contributed by atoms with van der Waals surface area (Å²) in [6.07, 6.45) is 0. The predicted octanol–water partition coefficient (Wildman–Crippen LogP) is 4.34. The van der Waals surface area contributed by atoms with Gasteiger partial charge in [-0.25, -0.2) is 0 Å².